The minimum absolute atomic E-state index is 0.108. The highest BCUT2D eigenvalue weighted by atomic mass is 31.2. The van der Waals surface area contributed by atoms with Crippen LogP contribution in [-0.2, 0) is 65.4 Å². The molecule has 2 unspecified atom stereocenters. The van der Waals surface area contributed by atoms with Gasteiger partial charge in [-0.05, 0) is 37.5 Å². The van der Waals surface area contributed by atoms with E-state index in [-0.39, 0.29) is 25.7 Å². The van der Waals surface area contributed by atoms with E-state index in [9.17, 15) is 43.2 Å². The van der Waals surface area contributed by atoms with Gasteiger partial charge in [-0.25, -0.2) is 9.13 Å². The Morgan fingerprint density at radius 1 is 0.250 bits per heavy atom. The topological polar surface area (TPSA) is 237 Å². The lowest BCUT2D eigenvalue weighted by molar-refractivity contribution is -0.161. The number of carbonyl (C=O) groups excluding carboxylic acids is 4. The Bertz CT molecular complexity index is 2060. The van der Waals surface area contributed by atoms with Crippen LogP contribution in [-0.4, -0.2) is 96.7 Å². The fourth-order valence-corrected chi connectivity index (χ4v) is 15.5. The summed E-state index contributed by atoms with van der Waals surface area (Å²) >= 11 is 0. The molecule has 17 nitrogen and oxygen atoms in total. The number of aliphatic hydroxyl groups excluding tert-OH is 1. The highest BCUT2D eigenvalue weighted by molar-refractivity contribution is 7.47. The van der Waals surface area contributed by atoms with Crippen molar-refractivity contribution >= 4 is 39.5 Å². The van der Waals surface area contributed by atoms with Gasteiger partial charge in [0.05, 0.1) is 26.4 Å². The van der Waals surface area contributed by atoms with E-state index in [1.54, 1.807) is 0 Å². The predicted octanol–water partition coefficient (Wildman–Crippen LogP) is 27.4. The van der Waals surface area contributed by atoms with Crippen LogP contribution in [0.1, 0.15) is 478 Å². The van der Waals surface area contributed by atoms with Crippen molar-refractivity contribution < 1.29 is 80.2 Å². The minimum atomic E-state index is -4.97. The van der Waals surface area contributed by atoms with Gasteiger partial charge in [0.1, 0.15) is 19.3 Å². The number of rotatable bonds is 88. The Hall–Kier alpha value is -1.94. The van der Waals surface area contributed by atoms with Crippen LogP contribution in [0.25, 0.3) is 0 Å². The Balaban J connectivity index is 5.22. The molecular formula is C89H174O17P2. The average molecular weight is 1580 g/mol. The van der Waals surface area contributed by atoms with Gasteiger partial charge in [-0.2, -0.15) is 0 Å². The van der Waals surface area contributed by atoms with Gasteiger partial charge in [-0.3, -0.25) is 37.3 Å². The molecule has 0 aromatic rings. The lowest BCUT2D eigenvalue weighted by atomic mass is 10.0. The number of hydrogen-bond donors (Lipinski definition) is 3. The Kier molecular flexibility index (Phi) is 78.8. The minimum Gasteiger partial charge on any atom is -0.462 e. The van der Waals surface area contributed by atoms with Crippen LogP contribution in [0, 0.1) is 11.8 Å². The second-order valence-electron chi connectivity index (χ2n) is 32.9. The summed E-state index contributed by atoms with van der Waals surface area (Å²) in [6, 6.07) is 0. The average Bonchev–Trinajstić information content (AvgIpc) is 0.905. The second kappa shape index (κ2) is 80.3. The smallest absolute Gasteiger partial charge is 0.462 e. The van der Waals surface area contributed by atoms with E-state index in [1.807, 2.05) is 0 Å². The molecule has 0 aliphatic heterocycles. The first-order chi connectivity index (χ1) is 52.4. The summed E-state index contributed by atoms with van der Waals surface area (Å²) < 4.78 is 69.0. The quantitative estimate of drug-likeness (QED) is 0.0222. The molecule has 0 heterocycles. The summed E-state index contributed by atoms with van der Waals surface area (Å²) in [7, 11) is -9.93. The van der Waals surface area contributed by atoms with Crippen LogP contribution >= 0.6 is 15.6 Å². The molecule has 5 atom stereocenters. The maximum absolute atomic E-state index is 13.2. The Morgan fingerprint density at radius 2 is 0.426 bits per heavy atom. The maximum atomic E-state index is 13.2. The second-order valence-corrected chi connectivity index (χ2v) is 35.8. The lowest BCUT2D eigenvalue weighted by Gasteiger charge is -2.21. The molecule has 0 fully saturated rings. The lowest BCUT2D eigenvalue weighted by Crippen LogP contribution is -2.30. The number of phosphoric acid groups is 2. The van der Waals surface area contributed by atoms with Gasteiger partial charge in [0.15, 0.2) is 12.2 Å². The van der Waals surface area contributed by atoms with Crippen molar-refractivity contribution in [3.05, 3.63) is 0 Å². The molecule has 0 radical (unpaired) electrons. The first kappa shape index (κ1) is 106. The van der Waals surface area contributed by atoms with Crippen molar-refractivity contribution in [3.8, 4) is 0 Å². The third-order valence-electron chi connectivity index (χ3n) is 21.0. The van der Waals surface area contributed by atoms with Crippen LogP contribution in [0.3, 0.4) is 0 Å². The van der Waals surface area contributed by atoms with Gasteiger partial charge in [-0.15, -0.1) is 0 Å². The van der Waals surface area contributed by atoms with Gasteiger partial charge >= 0.3 is 39.5 Å². The Labute approximate surface area is 664 Å². The third-order valence-corrected chi connectivity index (χ3v) is 22.9. The van der Waals surface area contributed by atoms with Gasteiger partial charge in [0.25, 0.3) is 0 Å². The molecule has 0 amide bonds. The van der Waals surface area contributed by atoms with E-state index < -0.39 is 97.5 Å². The summed E-state index contributed by atoms with van der Waals surface area (Å²) in [6.45, 7) is 9.67. The SMILES string of the molecule is CCCCCCCCCCCCCCCCCCCCCCC(=O)OC[C@H](COP(=O)(O)OC[C@@H](O)COP(=O)(O)OC[C@@H](COC(=O)CCCCCCCCCC(C)C)OC(=O)CCCCCCCCCCCCCCCCCCC)OC(=O)CCCCCCCCCCCCCCCCCCCCC(C)C. The largest absolute Gasteiger partial charge is 0.472 e. The number of ether oxygens (including phenoxy) is 4. The zero-order chi connectivity index (χ0) is 79.2. The summed E-state index contributed by atoms with van der Waals surface area (Å²) in [5.41, 5.74) is 0. The molecule has 0 aliphatic rings. The number of aliphatic hydroxyl groups is 1. The molecule has 19 heteroatoms. The van der Waals surface area contributed by atoms with Crippen LogP contribution in [0.5, 0.6) is 0 Å². The van der Waals surface area contributed by atoms with Gasteiger partial charge < -0.3 is 33.8 Å². The zero-order valence-electron chi connectivity index (χ0n) is 71.2. The highest BCUT2D eigenvalue weighted by Crippen LogP contribution is 2.45. The summed E-state index contributed by atoms with van der Waals surface area (Å²) in [6.07, 6.45) is 73.8. The first-order valence-corrected chi connectivity index (χ1v) is 49.0. The number of esters is 4. The molecular weight excluding hydrogens is 1400 g/mol. The van der Waals surface area contributed by atoms with Crippen molar-refractivity contribution in [2.45, 2.75) is 496 Å². The van der Waals surface area contributed by atoms with Crippen LogP contribution in [0.4, 0.5) is 0 Å². The van der Waals surface area contributed by atoms with E-state index >= 15 is 0 Å². The fraction of sp³-hybridized carbons (Fsp3) is 0.955. The number of carbonyl (C=O) groups is 4. The molecule has 0 aromatic heterocycles. The highest BCUT2D eigenvalue weighted by Gasteiger charge is 2.31. The normalized spacial score (nSPS) is 13.8. The molecule has 642 valence electrons. The van der Waals surface area contributed by atoms with E-state index in [0.717, 1.165) is 102 Å². The molecule has 0 bridgehead atoms. The third kappa shape index (κ3) is 82.1. The van der Waals surface area contributed by atoms with Gasteiger partial charge in [0.2, 0.25) is 0 Å². The molecule has 0 saturated heterocycles. The van der Waals surface area contributed by atoms with Crippen molar-refractivity contribution in [2.75, 3.05) is 39.6 Å². The molecule has 0 aromatic carbocycles. The Morgan fingerprint density at radius 3 is 0.630 bits per heavy atom. The molecule has 3 N–H and O–H groups in total. The number of unbranched alkanes of at least 4 members (excludes halogenated alkanes) is 58. The van der Waals surface area contributed by atoms with E-state index in [0.29, 0.717) is 31.6 Å². The van der Waals surface area contributed by atoms with Crippen LogP contribution < -0.4 is 0 Å². The summed E-state index contributed by atoms with van der Waals surface area (Å²) in [5.74, 6) is -0.574. The zero-order valence-corrected chi connectivity index (χ0v) is 73.0. The molecule has 0 aliphatic carbocycles. The molecule has 0 saturated carbocycles. The van der Waals surface area contributed by atoms with Crippen LogP contribution in [0.2, 0.25) is 0 Å². The van der Waals surface area contributed by atoms with E-state index in [2.05, 4.69) is 41.5 Å². The maximum Gasteiger partial charge on any atom is 0.472 e. The van der Waals surface area contributed by atoms with Gasteiger partial charge in [-0.1, -0.05) is 427 Å². The van der Waals surface area contributed by atoms with E-state index in [1.165, 1.54) is 289 Å². The van der Waals surface area contributed by atoms with Gasteiger partial charge in [0, 0.05) is 25.7 Å². The summed E-state index contributed by atoms with van der Waals surface area (Å²) in [5, 5.41) is 10.7. The number of phosphoric ester groups is 2. The standard InChI is InChI=1S/C89H174O17P2/c1-7-9-11-13-15-17-19-21-23-25-26-27-32-35-39-43-47-53-59-65-71-86(91)99-77-84(105-88(93)73-68-62-55-49-45-41-37-33-29-28-31-34-38-42-46-51-57-63-69-81(3)4)79-103-107(95,96)101-75-83(90)76-102-108(97,98)104-80-85(78-100-87(92)72-66-60-56-50-52-58-64-70-82(5)6)106-89(94)74-67-61-54-48-44-40-36-30-24-22-20-18-16-14-12-10-8-2/h81-85,90H,7-80H2,1-6H3,(H,95,96)(H,97,98)/t83-,84-,85-/m1/s1. The monoisotopic (exact) mass is 1580 g/mol. The van der Waals surface area contributed by atoms with Crippen molar-refractivity contribution in [1.29, 1.82) is 0 Å². The van der Waals surface area contributed by atoms with Crippen molar-refractivity contribution in [1.82, 2.24) is 0 Å². The van der Waals surface area contributed by atoms with Crippen molar-refractivity contribution in [2.24, 2.45) is 11.8 Å². The molecule has 108 heavy (non-hydrogen) atoms. The molecule has 0 rings (SSSR count). The fourth-order valence-electron chi connectivity index (χ4n) is 14.0. The van der Waals surface area contributed by atoms with E-state index in [4.69, 9.17) is 37.0 Å². The molecule has 0 spiro atoms. The van der Waals surface area contributed by atoms with Crippen LogP contribution in [0.15, 0.2) is 0 Å². The predicted molar refractivity (Wildman–Crippen MR) is 446 cm³/mol. The number of hydrogen-bond acceptors (Lipinski definition) is 15. The summed E-state index contributed by atoms with van der Waals surface area (Å²) in [4.78, 5) is 73.3. The van der Waals surface area contributed by atoms with Crippen molar-refractivity contribution in [3.63, 3.8) is 0 Å². The first-order valence-electron chi connectivity index (χ1n) is 46.0.